The maximum absolute atomic E-state index is 15.6. The first-order valence-electron chi connectivity index (χ1n) is 25.8. The van der Waals surface area contributed by atoms with Crippen LogP contribution in [0.1, 0.15) is 33.4 Å². The fraction of sp³-hybridized carbons (Fsp3) is 0.0282. The summed E-state index contributed by atoms with van der Waals surface area (Å²) in [5.74, 6) is 0. The lowest BCUT2D eigenvalue weighted by Gasteiger charge is -2.23. The van der Waals surface area contributed by atoms with Crippen LogP contribution in [0.2, 0.25) is 0 Å². The van der Waals surface area contributed by atoms with E-state index in [4.69, 9.17) is 26.3 Å². The Bertz CT molecular complexity index is 5120. The number of hydrogen-bond acceptors (Lipinski definition) is 4. The molecule has 0 aliphatic carbocycles. The van der Waals surface area contributed by atoms with Crippen LogP contribution in [0.4, 0.5) is 41.6 Å². The Balaban J connectivity index is 1.22. The zero-order valence-corrected chi connectivity index (χ0v) is 44.3. The van der Waals surface area contributed by atoms with Gasteiger partial charge in [-0.3, -0.25) is 0 Å². The average molecular weight is 1100 g/mol. The molecule has 14 heteroatoms. The number of benzene rings is 10. The van der Waals surface area contributed by atoms with Crippen LogP contribution < -0.4 is 0 Å². The molecule has 0 aliphatic heterocycles. The van der Waals surface area contributed by atoms with Gasteiger partial charge in [0.2, 0.25) is 5.69 Å². The van der Waals surface area contributed by atoms with Crippen molar-refractivity contribution in [3.8, 4) is 91.3 Å². The second kappa shape index (κ2) is 20.6. The molecular weight excluding hydrogens is 1060 g/mol. The highest BCUT2D eigenvalue weighted by Gasteiger charge is 2.36. The van der Waals surface area contributed by atoms with E-state index in [0.29, 0.717) is 93.7 Å². The highest BCUT2D eigenvalue weighted by Crippen LogP contribution is 2.51. The van der Waals surface area contributed by atoms with Gasteiger partial charge in [0.15, 0.2) is 22.7 Å². The van der Waals surface area contributed by atoms with E-state index in [1.807, 2.05) is 53.1 Å². The van der Waals surface area contributed by atoms with Crippen molar-refractivity contribution in [2.75, 3.05) is 0 Å². The highest BCUT2D eigenvalue weighted by molar-refractivity contribution is 6.15. The first-order valence-corrected chi connectivity index (χ1v) is 25.8. The fourth-order valence-electron chi connectivity index (χ4n) is 11.5. The molecule has 0 saturated heterocycles. The average Bonchev–Trinajstić information content (AvgIpc) is 2.30. The highest BCUT2D eigenvalue weighted by atomic mass is 19.4. The van der Waals surface area contributed by atoms with E-state index in [0.717, 1.165) is 6.07 Å². The molecule has 0 atom stereocenters. The van der Waals surface area contributed by atoms with E-state index in [2.05, 4.69) is 48.5 Å². The Morgan fingerprint density at radius 3 is 1.29 bits per heavy atom. The van der Waals surface area contributed by atoms with Crippen LogP contribution >= 0.6 is 0 Å². The van der Waals surface area contributed by atoms with Gasteiger partial charge >= 0.3 is 6.18 Å². The summed E-state index contributed by atoms with van der Waals surface area (Å²) in [7, 11) is 0. The topological polar surface area (TPSA) is 127 Å². The molecule has 2 heterocycles. The van der Waals surface area contributed by atoms with Crippen LogP contribution in [0.3, 0.4) is 0 Å². The van der Waals surface area contributed by atoms with Gasteiger partial charge in [0.1, 0.15) is 0 Å². The molecule has 0 radical (unpaired) electrons. The second-order valence-electron chi connectivity index (χ2n) is 19.9. The maximum Gasteiger partial charge on any atom is 0.417 e. The lowest BCUT2D eigenvalue weighted by molar-refractivity contribution is -0.137. The van der Waals surface area contributed by atoms with Gasteiger partial charge in [-0.25, -0.2) is 24.2 Å². The third-order valence-electron chi connectivity index (χ3n) is 15.3. The first-order chi connectivity index (χ1) is 41.3. The van der Waals surface area contributed by atoms with Crippen molar-refractivity contribution in [3.63, 3.8) is 0 Å². The molecule has 2 aromatic heterocycles. The standard InChI is InChI=1S/C71H32F3N11/c1-40-8-7-9-61(71(72,73)74)68(40)56-22-27-67(84-63-23-11-42(52-18-10-41(36-75)28-46(52)37-76)31-57(63)58-32-43(12-24-64(58)84)53-19-15-49(79-2)29-47(53)38-77)69(83-6)70(56)85-65-25-13-44(54-20-16-50(80-3)30-48(54)39-78)33-59(65)60-34-45(14-26-66(60)85)55-21-17-51(81-4)35-62(55)82-5/h7-35H,1H3. The minimum atomic E-state index is -4.85. The third kappa shape index (κ3) is 8.62. The zero-order chi connectivity index (χ0) is 59.4. The SMILES string of the molecule is [C-]#[N+]c1ccc(-c2ccc3c(c2)c2cc(-c4ccc(C#N)cc4C#N)ccc2n3-c2ccc(-c3c(C)cccc3C(F)(F)F)c(-n3c4ccc(-c5ccc([N+]#[C-])cc5C#N)cc4c4cc(-c5ccc([N+]#[C-])cc5[N+]#[C-])ccc43)c2[N+]#[C-])c(C#N)c1. The molecule has 0 aliphatic rings. The summed E-state index contributed by atoms with van der Waals surface area (Å²) in [6.07, 6.45) is -4.85. The number of hydrogen-bond donors (Lipinski definition) is 0. The molecular formula is C71H32F3N11. The first kappa shape index (κ1) is 52.7. The summed E-state index contributed by atoms with van der Waals surface area (Å²) in [6.45, 7) is 41.9. The molecule has 392 valence electrons. The minimum Gasteiger partial charge on any atom is -0.319 e. The van der Waals surface area contributed by atoms with Crippen LogP contribution in [-0.2, 0) is 6.18 Å². The van der Waals surface area contributed by atoms with Gasteiger partial charge in [-0.2, -0.15) is 34.2 Å². The molecule has 0 fully saturated rings. The summed E-state index contributed by atoms with van der Waals surface area (Å²) >= 11 is 0. The van der Waals surface area contributed by atoms with Crippen LogP contribution in [0.15, 0.2) is 176 Å². The number of aryl methyl sites for hydroxylation is 1. The lowest BCUT2D eigenvalue weighted by Crippen LogP contribution is -2.10. The van der Waals surface area contributed by atoms with Crippen molar-refractivity contribution in [2.24, 2.45) is 0 Å². The van der Waals surface area contributed by atoms with Crippen molar-refractivity contribution < 1.29 is 13.2 Å². The van der Waals surface area contributed by atoms with E-state index in [1.165, 1.54) is 30.3 Å². The molecule has 0 unspecified atom stereocenters. The third-order valence-corrected chi connectivity index (χ3v) is 15.3. The minimum absolute atomic E-state index is 0.0420. The van der Waals surface area contributed by atoms with Crippen molar-refractivity contribution in [1.82, 2.24) is 9.13 Å². The largest absolute Gasteiger partial charge is 0.417 e. The molecule has 0 N–H and O–H groups in total. The number of halogens is 3. The van der Waals surface area contributed by atoms with Gasteiger partial charge in [0.05, 0.1) is 107 Å². The van der Waals surface area contributed by atoms with Crippen LogP contribution in [0.5, 0.6) is 0 Å². The van der Waals surface area contributed by atoms with E-state index in [1.54, 1.807) is 102 Å². The lowest BCUT2D eigenvalue weighted by atomic mass is 9.92. The van der Waals surface area contributed by atoms with Gasteiger partial charge in [-0.1, -0.05) is 91.0 Å². The van der Waals surface area contributed by atoms with Crippen molar-refractivity contribution in [1.29, 1.82) is 21.0 Å². The summed E-state index contributed by atoms with van der Waals surface area (Å²) < 4.78 is 50.5. The van der Waals surface area contributed by atoms with Gasteiger partial charge in [0.25, 0.3) is 0 Å². The molecule has 12 rings (SSSR count). The number of aromatic nitrogens is 2. The number of alkyl halides is 3. The molecule has 0 amide bonds. The van der Waals surface area contributed by atoms with E-state index >= 15 is 13.2 Å². The Morgan fingerprint density at radius 2 is 0.847 bits per heavy atom. The second-order valence-corrected chi connectivity index (χ2v) is 19.9. The molecule has 0 spiro atoms. The number of nitriles is 4. The molecule has 12 aromatic rings. The van der Waals surface area contributed by atoms with Crippen LogP contribution in [-0.4, -0.2) is 9.13 Å². The Kier molecular flexibility index (Phi) is 12.8. The van der Waals surface area contributed by atoms with Crippen molar-refractivity contribution in [2.45, 2.75) is 13.1 Å². The van der Waals surface area contributed by atoms with Crippen molar-refractivity contribution >= 4 is 72.0 Å². The van der Waals surface area contributed by atoms with Gasteiger partial charge in [-0.15, -0.1) is 0 Å². The summed E-state index contributed by atoms with van der Waals surface area (Å²) in [6, 6.07) is 57.2. The van der Waals surface area contributed by atoms with Gasteiger partial charge in [-0.05, 0) is 153 Å². The summed E-state index contributed by atoms with van der Waals surface area (Å²) in [5.41, 5.74) is 8.33. The van der Waals surface area contributed by atoms with E-state index in [9.17, 15) is 27.6 Å². The number of rotatable bonds is 7. The van der Waals surface area contributed by atoms with Crippen LogP contribution in [0, 0.1) is 85.1 Å². The molecule has 85 heavy (non-hydrogen) atoms. The number of fused-ring (bicyclic) bond motifs is 6. The maximum atomic E-state index is 15.6. The van der Waals surface area contributed by atoms with Gasteiger partial charge < -0.3 is 9.13 Å². The quantitative estimate of drug-likeness (QED) is 0.147. The monoisotopic (exact) mass is 1100 g/mol. The Labute approximate surface area is 483 Å². The van der Waals surface area contributed by atoms with Crippen molar-refractivity contribution in [3.05, 3.63) is 266 Å². The van der Waals surface area contributed by atoms with Crippen LogP contribution in [0.25, 0.3) is 135 Å². The number of nitrogens with zero attached hydrogens (tertiary/aromatic N) is 11. The normalized spacial score (nSPS) is 11.0. The molecule has 0 bridgehead atoms. The molecule has 11 nitrogen and oxygen atoms in total. The smallest absolute Gasteiger partial charge is 0.319 e. The Morgan fingerprint density at radius 1 is 0.412 bits per heavy atom. The van der Waals surface area contributed by atoms with E-state index in [-0.39, 0.29) is 73.2 Å². The zero-order valence-electron chi connectivity index (χ0n) is 44.3. The fourth-order valence-corrected chi connectivity index (χ4v) is 11.5. The molecule has 10 aromatic carbocycles. The molecule has 0 saturated carbocycles. The van der Waals surface area contributed by atoms with E-state index < -0.39 is 11.7 Å². The Hall–Kier alpha value is -13.0. The van der Waals surface area contributed by atoms with Gasteiger partial charge in [0, 0.05) is 32.7 Å². The predicted molar refractivity (Wildman–Crippen MR) is 322 cm³/mol. The summed E-state index contributed by atoms with van der Waals surface area (Å²) in [5, 5.41) is 43.2. The predicted octanol–water partition coefficient (Wildman–Crippen LogP) is 19.8. The summed E-state index contributed by atoms with van der Waals surface area (Å²) in [4.78, 5) is 18.7.